The van der Waals surface area contributed by atoms with Gasteiger partial charge in [0.25, 0.3) is 0 Å². The quantitative estimate of drug-likeness (QED) is 0.222. The van der Waals surface area contributed by atoms with Crippen LogP contribution in [0.15, 0.2) is 30.0 Å². The highest BCUT2D eigenvalue weighted by molar-refractivity contribution is 5.87. The number of H-pyrrole nitrogens is 1. The summed E-state index contributed by atoms with van der Waals surface area (Å²) in [4.78, 5) is 15.9. The topological polar surface area (TPSA) is 173 Å². The molecular weight excluding hydrogens is 458 g/mol. The molecule has 7 rings (SSSR count). The van der Waals surface area contributed by atoms with Crippen molar-refractivity contribution in [3.05, 3.63) is 35.7 Å². The first-order chi connectivity index (χ1) is 16.0. The fraction of sp³-hybridized carbons (Fsp3) is 0.720. The molecule has 3 heterocycles. The van der Waals surface area contributed by atoms with Crippen LogP contribution in [0, 0.1) is 16.7 Å². The van der Waals surface area contributed by atoms with E-state index in [-0.39, 0.29) is 18.5 Å². The summed E-state index contributed by atoms with van der Waals surface area (Å²) >= 11 is 0. The van der Waals surface area contributed by atoms with E-state index >= 15 is 0 Å². The van der Waals surface area contributed by atoms with Crippen molar-refractivity contribution < 1.29 is 44.9 Å². The minimum atomic E-state index is -2.63. The van der Waals surface area contributed by atoms with Crippen molar-refractivity contribution in [2.75, 3.05) is 0 Å². The third kappa shape index (κ3) is 1.71. The number of aliphatic hydroxyl groups excluding tert-OH is 1. The largest absolute Gasteiger partial charge is 0.451 e. The van der Waals surface area contributed by atoms with Crippen LogP contribution in [0.1, 0.15) is 57.9 Å². The highest BCUT2D eigenvalue weighted by Crippen LogP contribution is 2.90. The lowest BCUT2D eigenvalue weighted by Gasteiger charge is -2.59. The standard InChI is InChI=1S/C25H33NO9/c1-12(2)22(31)17(34-16(28)14-7-6-10-26-14)23(32)18(4)11-21(30)19(22,5)25(23,33)24(35-21)15(27)13(3)8-9-20(18,24)29/h6-8,10,12,15,17,26-27,29-33H,9,11H2,1-5H3/t15-,17+,18-,19+,20-,21+,22-,23+,24+,25+/m0/s1. The van der Waals surface area contributed by atoms with Crippen molar-refractivity contribution in [1.29, 1.82) is 0 Å². The highest BCUT2D eigenvalue weighted by Gasteiger charge is 3.10. The predicted molar refractivity (Wildman–Crippen MR) is 119 cm³/mol. The number of nitrogens with one attached hydrogen (secondary N) is 1. The lowest BCUT2D eigenvalue weighted by Crippen LogP contribution is -2.74. The maximum absolute atomic E-state index is 13.2. The van der Waals surface area contributed by atoms with Crippen LogP contribution in [0.2, 0.25) is 0 Å². The van der Waals surface area contributed by atoms with Crippen LogP contribution < -0.4 is 0 Å². The van der Waals surface area contributed by atoms with Gasteiger partial charge in [-0.2, -0.15) is 0 Å². The van der Waals surface area contributed by atoms with Gasteiger partial charge in [0.05, 0.1) is 5.41 Å². The maximum Gasteiger partial charge on any atom is 0.355 e. The maximum atomic E-state index is 13.2. The smallest absolute Gasteiger partial charge is 0.355 e. The van der Waals surface area contributed by atoms with Crippen molar-refractivity contribution >= 4 is 5.97 Å². The Morgan fingerprint density at radius 1 is 1.20 bits per heavy atom. The summed E-state index contributed by atoms with van der Waals surface area (Å²) in [5.41, 5.74) is -15.2. The fourth-order valence-corrected chi connectivity index (χ4v) is 9.18. The Hall–Kier alpha value is -1.79. The van der Waals surface area contributed by atoms with Crippen LogP contribution >= 0.6 is 0 Å². The van der Waals surface area contributed by atoms with Gasteiger partial charge in [0.15, 0.2) is 17.5 Å². The molecule has 0 amide bonds. The van der Waals surface area contributed by atoms with E-state index < -0.39 is 68.7 Å². The van der Waals surface area contributed by atoms with E-state index in [2.05, 4.69) is 4.98 Å². The first-order valence-electron chi connectivity index (χ1n) is 12.0. The molecule has 10 nitrogen and oxygen atoms in total. The number of hydrogen-bond acceptors (Lipinski definition) is 9. The average Bonchev–Trinajstić information content (AvgIpc) is 3.41. The van der Waals surface area contributed by atoms with Crippen molar-refractivity contribution in [2.45, 2.75) is 93.5 Å². The summed E-state index contributed by atoms with van der Waals surface area (Å²) in [6.45, 7) is 7.70. The molecule has 192 valence electrons. The molecule has 2 aliphatic heterocycles. The van der Waals surface area contributed by atoms with Crippen LogP contribution in [0.5, 0.6) is 0 Å². The number of carbonyl (C=O) groups excluding carboxylic acids is 1. The third-order valence-corrected chi connectivity index (χ3v) is 10.9. The van der Waals surface area contributed by atoms with Crippen LogP contribution in [0.3, 0.4) is 0 Å². The molecule has 3 saturated carbocycles. The van der Waals surface area contributed by atoms with Gasteiger partial charge in [-0.05, 0) is 43.9 Å². The molecule has 0 radical (unpaired) electrons. The third-order valence-electron chi connectivity index (χ3n) is 10.9. The fourth-order valence-electron chi connectivity index (χ4n) is 9.18. The van der Waals surface area contributed by atoms with E-state index in [0.717, 1.165) is 0 Å². The van der Waals surface area contributed by atoms with Gasteiger partial charge in [-0.3, -0.25) is 0 Å². The number of aliphatic hydroxyl groups is 6. The summed E-state index contributed by atoms with van der Waals surface area (Å²) in [5, 5.41) is 73.7. The van der Waals surface area contributed by atoms with Gasteiger partial charge in [0, 0.05) is 18.0 Å². The molecule has 6 aliphatic rings. The molecule has 10 heteroatoms. The van der Waals surface area contributed by atoms with Gasteiger partial charge in [-0.1, -0.05) is 26.8 Å². The molecule has 0 unspecified atom stereocenters. The zero-order chi connectivity index (χ0) is 25.8. The molecule has 7 N–H and O–H groups in total. The average molecular weight is 492 g/mol. The van der Waals surface area contributed by atoms with E-state index in [1.807, 2.05) is 0 Å². The van der Waals surface area contributed by atoms with Crippen molar-refractivity contribution in [3.63, 3.8) is 0 Å². The molecule has 1 spiro atoms. The first kappa shape index (κ1) is 23.6. The van der Waals surface area contributed by atoms with Gasteiger partial charge in [0.2, 0.25) is 0 Å². The number of hydrogen-bond donors (Lipinski definition) is 7. The molecule has 1 aromatic rings. The SMILES string of the molecule is CC1=CC[C@]2(O)[C@]3(C)C[C@@]4(O)O[C@@]2([C@H]1O)[C@]1(O)[C@@]3(O)[C@H](OC(=O)c2ccc[nH]2)[C@@](O)(C(C)C)[C@]14C. The van der Waals surface area contributed by atoms with E-state index in [1.165, 1.54) is 26.1 Å². The Bertz CT molecular complexity index is 1180. The summed E-state index contributed by atoms with van der Waals surface area (Å²) in [5.74, 6) is -3.94. The second kappa shape index (κ2) is 5.85. The summed E-state index contributed by atoms with van der Waals surface area (Å²) in [6.07, 6.45) is -0.760. The normalized spacial score (nSPS) is 57.5. The zero-order valence-electron chi connectivity index (χ0n) is 20.4. The van der Waals surface area contributed by atoms with E-state index in [4.69, 9.17) is 9.47 Å². The Morgan fingerprint density at radius 2 is 1.86 bits per heavy atom. The van der Waals surface area contributed by atoms with Crippen LogP contribution in [0.25, 0.3) is 0 Å². The Morgan fingerprint density at radius 3 is 2.43 bits per heavy atom. The molecule has 1 aromatic heterocycles. The van der Waals surface area contributed by atoms with Crippen molar-refractivity contribution in [1.82, 2.24) is 4.98 Å². The van der Waals surface area contributed by atoms with E-state index in [9.17, 15) is 35.4 Å². The lowest BCUT2D eigenvalue weighted by molar-refractivity contribution is -0.379. The molecular formula is C25H33NO9. The number of carbonyl (C=O) groups is 1. The monoisotopic (exact) mass is 491 g/mol. The molecule has 4 aliphatic carbocycles. The van der Waals surface area contributed by atoms with E-state index in [0.29, 0.717) is 5.57 Å². The van der Waals surface area contributed by atoms with Crippen molar-refractivity contribution in [3.8, 4) is 0 Å². The van der Waals surface area contributed by atoms with Crippen LogP contribution in [0.4, 0.5) is 0 Å². The zero-order valence-corrected chi connectivity index (χ0v) is 20.4. The van der Waals surface area contributed by atoms with Crippen LogP contribution in [-0.4, -0.2) is 87.6 Å². The number of aromatic amines is 1. The Balaban J connectivity index is 1.70. The minimum Gasteiger partial charge on any atom is -0.451 e. The van der Waals surface area contributed by atoms with Gasteiger partial charge in [0.1, 0.15) is 34.2 Å². The Labute approximate surface area is 202 Å². The molecule has 10 atom stereocenters. The summed E-state index contributed by atoms with van der Waals surface area (Å²) < 4.78 is 12.0. The number of aromatic nitrogens is 1. The first-order valence-corrected chi connectivity index (χ1v) is 12.0. The molecule has 0 aromatic carbocycles. The number of ether oxygens (including phenoxy) is 2. The molecule has 5 fully saturated rings. The summed E-state index contributed by atoms with van der Waals surface area (Å²) in [7, 11) is 0. The number of esters is 1. The lowest BCUT2D eigenvalue weighted by atomic mass is 9.52. The van der Waals surface area contributed by atoms with Gasteiger partial charge >= 0.3 is 5.97 Å². The van der Waals surface area contributed by atoms with Crippen LogP contribution in [-0.2, 0) is 9.47 Å². The van der Waals surface area contributed by atoms with Gasteiger partial charge in [-0.25, -0.2) is 4.79 Å². The molecule has 2 saturated heterocycles. The number of rotatable bonds is 3. The van der Waals surface area contributed by atoms with Gasteiger partial charge in [-0.15, -0.1) is 0 Å². The molecule has 35 heavy (non-hydrogen) atoms. The highest BCUT2D eigenvalue weighted by atomic mass is 16.7. The minimum absolute atomic E-state index is 0.0581. The van der Waals surface area contributed by atoms with Crippen molar-refractivity contribution in [2.24, 2.45) is 16.7 Å². The molecule has 6 bridgehead atoms. The summed E-state index contributed by atoms with van der Waals surface area (Å²) in [6, 6.07) is 3.05. The van der Waals surface area contributed by atoms with Gasteiger partial charge < -0.3 is 45.1 Å². The second-order valence-corrected chi connectivity index (χ2v) is 12.0. The second-order valence-electron chi connectivity index (χ2n) is 12.0. The predicted octanol–water partition coefficient (Wildman–Crippen LogP) is -0.268. The Kier molecular flexibility index (Phi) is 3.95. The van der Waals surface area contributed by atoms with E-state index in [1.54, 1.807) is 32.9 Å².